The Kier molecular flexibility index (Phi) is 7.99. The molecule has 4 heteroatoms. The van der Waals surface area contributed by atoms with Crippen LogP contribution in [0.4, 0.5) is 0 Å². The van der Waals surface area contributed by atoms with Crippen molar-refractivity contribution in [3.05, 3.63) is 0 Å². The first-order valence-electron chi connectivity index (χ1n) is 5.04. The molecule has 0 amide bonds. The van der Waals surface area contributed by atoms with Gasteiger partial charge in [-0.05, 0) is 33.1 Å². The van der Waals surface area contributed by atoms with E-state index in [0.29, 0.717) is 12.5 Å². The topological polar surface area (TPSA) is 46.5 Å². The van der Waals surface area contributed by atoms with Gasteiger partial charge in [-0.1, -0.05) is 0 Å². The first kappa shape index (κ1) is 13.8. The van der Waals surface area contributed by atoms with Gasteiger partial charge >= 0.3 is 5.97 Å². The standard InChI is InChI=1S/C10H20O3S/c1-9(2)13-14(3)8-6-4-5-7-10(11)12/h9H,4-8H2,1-3H3/p+1. The number of carboxylic acid groups (broad SMARTS) is 1. The first-order valence-corrected chi connectivity index (χ1v) is 6.76. The summed E-state index contributed by atoms with van der Waals surface area (Å²) in [7, 11) is 0. The second kappa shape index (κ2) is 8.12. The van der Waals surface area contributed by atoms with E-state index in [0.717, 1.165) is 25.0 Å². The molecule has 0 aliphatic rings. The zero-order chi connectivity index (χ0) is 11.0. The minimum absolute atomic E-state index is 0.0383. The zero-order valence-corrected chi connectivity index (χ0v) is 10.1. The molecule has 0 aromatic carbocycles. The lowest BCUT2D eigenvalue weighted by molar-refractivity contribution is -0.137. The first-order chi connectivity index (χ1) is 6.52. The van der Waals surface area contributed by atoms with Gasteiger partial charge in [-0.15, -0.1) is 0 Å². The van der Waals surface area contributed by atoms with Crippen molar-refractivity contribution in [2.45, 2.75) is 45.6 Å². The molecule has 0 saturated heterocycles. The van der Waals surface area contributed by atoms with Gasteiger partial charge in [0.25, 0.3) is 0 Å². The molecule has 0 rings (SSSR count). The molecule has 0 bridgehead atoms. The van der Waals surface area contributed by atoms with Gasteiger partial charge in [0.2, 0.25) is 0 Å². The maximum atomic E-state index is 10.2. The van der Waals surface area contributed by atoms with E-state index in [1.54, 1.807) is 0 Å². The molecular formula is C10H21O3S+. The van der Waals surface area contributed by atoms with Crippen molar-refractivity contribution < 1.29 is 14.1 Å². The van der Waals surface area contributed by atoms with Gasteiger partial charge in [0.05, 0.1) is 0 Å². The van der Waals surface area contributed by atoms with Crippen LogP contribution in [0.5, 0.6) is 0 Å². The summed E-state index contributed by atoms with van der Waals surface area (Å²) in [6, 6.07) is 0. The molecule has 3 nitrogen and oxygen atoms in total. The number of rotatable bonds is 8. The number of aliphatic carboxylic acids is 1. The van der Waals surface area contributed by atoms with Crippen LogP contribution in [0.1, 0.15) is 39.5 Å². The molecule has 84 valence electrons. The van der Waals surface area contributed by atoms with E-state index < -0.39 is 5.97 Å². The van der Waals surface area contributed by atoms with E-state index in [-0.39, 0.29) is 11.2 Å². The summed E-state index contributed by atoms with van der Waals surface area (Å²) in [5, 5.41) is 8.42. The van der Waals surface area contributed by atoms with Gasteiger partial charge in [-0.3, -0.25) is 4.79 Å². The Morgan fingerprint density at radius 2 is 2.00 bits per heavy atom. The summed E-state index contributed by atoms with van der Waals surface area (Å²) in [5.74, 6) is 0.358. The van der Waals surface area contributed by atoms with Gasteiger partial charge < -0.3 is 5.11 Å². The molecule has 0 aromatic rings. The van der Waals surface area contributed by atoms with Crippen molar-refractivity contribution in [1.29, 1.82) is 0 Å². The molecule has 0 fully saturated rings. The minimum Gasteiger partial charge on any atom is -0.481 e. The molecule has 0 heterocycles. The fourth-order valence-corrected chi connectivity index (χ4v) is 2.50. The molecule has 1 atom stereocenters. The summed E-state index contributed by atoms with van der Waals surface area (Å²) in [6.45, 7) is 4.07. The van der Waals surface area contributed by atoms with Gasteiger partial charge in [0, 0.05) is 6.42 Å². The summed E-state index contributed by atoms with van der Waals surface area (Å²) >= 11 is 0.0383. The molecule has 14 heavy (non-hydrogen) atoms. The third-order valence-corrected chi connectivity index (χ3v) is 3.26. The number of carboxylic acids is 1. The van der Waals surface area contributed by atoms with Crippen LogP contribution in [-0.2, 0) is 20.2 Å². The van der Waals surface area contributed by atoms with Crippen molar-refractivity contribution in [3.63, 3.8) is 0 Å². The lowest BCUT2D eigenvalue weighted by Gasteiger charge is -2.04. The minimum atomic E-state index is -0.695. The van der Waals surface area contributed by atoms with E-state index >= 15 is 0 Å². The SMILES string of the molecule is CC(C)O[S+](C)CCCCCC(=O)O. The lowest BCUT2D eigenvalue weighted by Crippen LogP contribution is -2.14. The van der Waals surface area contributed by atoms with Crippen molar-refractivity contribution in [2.75, 3.05) is 12.0 Å². The van der Waals surface area contributed by atoms with Crippen molar-refractivity contribution >= 4 is 17.1 Å². The van der Waals surface area contributed by atoms with E-state index in [4.69, 9.17) is 9.29 Å². The predicted molar refractivity (Wildman–Crippen MR) is 60.5 cm³/mol. The van der Waals surface area contributed by atoms with Gasteiger partial charge in [0.15, 0.2) is 0 Å². The highest BCUT2D eigenvalue weighted by Crippen LogP contribution is 2.06. The average molecular weight is 221 g/mol. The Morgan fingerprint density at radius 1 is 1.36 bits per heavy atom. The van der Waals surface area contributed by atoms with E-state index in [9.17, 15) is 4.79 Å². The predicted octanol–water partition coefficient (Wildman–Crippen LogP) is 2.22. The number of hydrogen-bond donors (Lipinski definition) is 1. The second-order valence-electron chi connectivity index (χ2n) is 3.63. The molecule has 1 N–H and O–H groups in total. The normalized spacial score (nSPS) is 13.1. The van der Waals surface area contributed by atoms with Crippen LogP contribution in [0.3, 0.4) is 0 Å². The van der Waals surface area contributed by atoms with Crippen molar-refractivity contribution in [1.82, 2.24) is 0 Å². The molecule has 0 radical (unpaired) electrons. The second-order valence-corrected chi connectivity index (χ2v) is 5.37. The highest BCUT2D eigenvalue weighted by Gasteiger charge is 2.14. The Bertz CT molecular complexity index is 159. The maximum Gasteiger partial charge on any atom is 0.303 e. The van der Waals surface area contributed by atoms with Gasteiger partial charge in [-0.25, -0.2) is 0 Å². The fourth-order valence-electron chi connectivity index (χ4n) is 1.13. The third-order valence-electron chi connectivity index (χ3n) is 1.68. The van der Waals surface area contributed by atoms with E-state index in [2.05, 4.69) is 6.26 Å². The molecule has 0 aromatic heterocycles. The van der Waals surface area contributed by atoms with Crippen molar-refractivity contribution in [2.24, 2.45) is 0 Å². The van der Waals surface area contributed by atoms with Crippen LogP contribution in [0.2, 0.25) is 0 Å². The zero-order valence-electron chi connectivity index (χ0n) is 9.28. The molecule has 1 unspecified atom stereocenters. The summed E-state index contributed by atoms with van der Waals surface area (Å²) in [4.78, 5) is 10.2. The highest BCUT2D eigenvalue weighted by molar-refractivity contribution is 7.91. The van der Waals surface area contributed by atoms with Crippen LogP contribution >= 0.6 is 0 Å². The van der Waals surface area contributed by atoms with Crippen LogP contribution in [0, 0.1) is 0 Å². The van der Waals surface area contributed by atoms with Crippen LogP contribution in [0.15, 0.2) is 0 Å². The molecule has 0 spiro atoms. The fraction of sp³-hybridized carbons (Fsp3) is 0.900. The van der Waals surface area contributed by atoms with Crippen LogP contribution < -0.4 is 0 Å². The number of carbonyl (C=O) groups is 1. The monoisotopic (exact) mass is 221 g/mol. The molecular weight excluding hydrogens is 200 g/mol. The number of unbranched alkanes of at least 4 members (excludes halogenated alkanes) is 2. The van der Waals surface area contributed by atoms with Crippen LogP contribution in [-0.4, -0.2) is 29.2 Å². The van der Waals surface area contributed by atoms with Crippen molar-refractivity contribution in [3.8, 4) is 0 Å². The lowest BCUT2D eigenvalue weighted by atomic mass is 10.2. The van der Waals surface area contributed by atoms with Crippen LogP contribution in [0.25, 0.3) is 0 Å². The Labute approximate surface area is 89.4 Å². The summed E-state index contributed by atoms with van der Waals surface area (Å²) in [6.07, 6.45) is 5.53. The Balaban J connectivity index is 3.23. The summed E-state index contributed by atoms with van der Waals surface area (Å²) < 4.78 is 5.59. The Morgan fingerprint density at radius 3 is 2.50 bits per heavy atom. The average Bonchev–Trinajstić information content (AvgIpc) is 2.01. The third kappa shape index (κ3) is 9.86. The van der Waals surface area contributed by atoms with Gasteiger partial charge in [-0.2, -0.15) is 4.18 Å². The number of hydrogen-bond acceptors (Lipinski definition) is 2. The molecule has 0 aliphatic carbocycles. The molecule has 0 saturated carbocycles. The largest absolute Gasteiger partial charge is 0.481 e. The Hall–Kier alpha value is -0.220. The summed E-state index contributed by atoms with van der Waals surface area (Å²) in [5.41, 5.74) is 0. The quantitative estimate of drug-likeness (QED) is 0.505. The maximum absolute atomic E-state index is 10.2. The van der Waals surface area contributed by atoms with E-state index in [1.807, 2.05) is 13.8 Å². The highest BCUT2D eigenvalue weighted by atomic mass is 32.2. The smallest absolute Gasteiger partial charge is 0.303 e. The van der Waals surface area contributed by atoms with Gasteiger partial charge in [0.1, 0.15) is 29.3 Å². The molecule has 0 aliphatic heterocycles. The van der Waals surface area contributed by atoms with E-state index in [1.165, 1.54) is 0 Å².